The van der Waals surface area contributed by atoms with Crippen LogP contribution in [0.25, 0.3) is 0 Å². The van der Waals surface area contributed by atoms with Crippen LogP contribution in [0, 0.1) is 6.92 Å². The van der Waals surface area contributed by atoms with Gasteiger partial charge < -0.3 is 15.0 Å². The third kappa shape index (κ3) is 8.98. The van der Waals surface area contributed by atoms with Crippen molar-refractivity contribution < 1.29 is 22.7 Å². The first kappa shape index (κ1) is 34.7. The Morgan fingerprint density at radius 1 is 0.870 bits per heavy atom. The van der Waals surface area contributed by atoms with Crippen molar-refractivity contribution in [1.82, 2.24) is 10.2 Å². The van der Waals surface area contributed by atoms with E-state index >= 15 is 0 Å². The first-order valence-corrected chi connectivity index (χ1v) is 17.1. The molecule has 242 valence electrons. The maximum Gasteiger partial charge on any atom is 0.264 e. The number of rotatable bonds is 12. The zero-order valence-electron chi connectivity index (χ0n) is 26.7. The number of hydrogen-bond donors (Lipinski definition) is 1. The van der Waals surface area contributed by atoms with Crippen LogP contribution in [-0.4, -0.2) is 50.4 Å². The molecule has 4 aromatic carbocycles. The number of methoxy groups -OCH3 is 1. The zero-order valence-corrected chi connectivity index (χ0v) is 29.1. The first-order valence-electron chi connectivity index (χ1n) is 14.9. The Hall–Kier alpha value is -4.15. The molecular weight excluding hydrogens is 666 g/mol. The van der Waals surface area contributed by atoms with Gasteiger partial charge in [-0.2, -0.15) is 0 Å². The fourth-order valence-electron chi connectivity index (χ4n) is 4.96. The van der Waals surface area contributed by atoms with Crippen LogP contribution in [0.1, 0.15) is 37.5 Å². The van der Waals surface area contributed by atoms with Crippen molar-refractivity contribution >= 4 is 43.5 Å². The molecular formula is C36H40BrN3O5S. The summed E-state index contributed by atoms with van der Waals surface area (Å²) in [6.07, 6.45) is 0.240. The lowest BCUT2D eigenvalue weighted by Gasteiger charge is -2.35. The van der Waals surface area contributed by atoms with Crippen molar-refractivity contribution in [3.05, 3.63) is 124 Å². The summed E-state index contributed by atoms with van der Waals surface area (Å²) in [5.74, 6) is -0.380. The fraction of sp³-hybridized carbons (Fsp3) is 0.278. The van der Waals surface area contributed by atoms with Crippen molar-refractivity contribution in [3.8, 4) is 5.75 Å². The Kier molecular flexibility index (Phi) is 11.3. The number of aryl methyl sites for hydroxylation is 1. The second-order valence-electron chi connectivity index (χ2n) is 12.1. The van der Waals surface area contributed by atoms with E-state index in [0.29, 0.717) is 15.9 Å². The SMILES string of the molecule is COc1ccc(S(=O)(=O)N(CC(=O)N(Cc2ccccc2)C(Cc2ccccc2)C(=O)NC(C)(C)C)c2ccc(C)cc2)cc1Br. The lowest BCUT2D eigenvalue weighted by atomic mass is 10.0. The van der Waals surface area contributed by atoms with E-state index in [4.69, 9.17) is 4.74 Å². The predicted octanol–water partition coefficient (Wildman–Crippen LogP) is 6.52. The number of ether oxygens (including phenoxy) is 1. The summed E-state index contributed by atoms with van der Waals surface area (Å²) in [5, 5.41) is 3.04. The molecule has 0 aromatic heterocycles. The molecule has 10 heteroatoms. The molecule has 0 aliphatic heterocycles. The molecule has 2 amide bonds. The highest BCUT2D eigenvalue weighted by Gasteiger charge is 2.35. The van der Waals surface area contributed by atoms with Gasteiger partial charge in [-0.1, -0.05) is 78.4 Å². The topological polar surface area (TPSA) is 96.0 Å². The Bertz CT molecular complexity index is 1740. The van der Waals surface area contributed by atoms with Gasteiger partial charge in [0, 0.05) is 18.5 Å². The van der Waals surface area contributed by atoms with Crippen molar-refractivity contribution in [2.45, 2.75) is 57.1 Å². The van der Waals surface area contributed by atoms with Gasteiger partial charge in [-0.05, 0) is 85.1 Å². The molecule has 4 aromatic rings. The van der Waals surface area contributed by atoms with E-state index in [9.17, 15) is 18.0 Å². The number of amides is 2. The molecule has 1 N–H and O–H groups in total. The smallest absolute Gasteiger partial charge is 0.264 e. The van der Waals surface area contributed by atoms with Gasteiger partial charge in [0.2, 0.25) is 11.8 Å². The summed E-state index contributed by atoms with van der Waals surface area (Å²) < 4.78 is 35.4. The predicted molar refractivity (Wildman–Crippen MR) is 185 cm³/mol. The third-order valence-electron chi connectivity index (χ3n) is 7.28. The summed E-state index contributed by atoms with van der Waals surface area (Å²) in [7, 11) is -2.76. The summed E-state index contributed by atoms with van der Waals surface area (Å²) in [6.45, 7) is 7.12. The van der Waals surface area contributed by atoms with E-state index in [-0.39, 0.29) is 23.8 Å². The van der Waals surface area contributed by atoms with Crippen molar-refractivity contribution in [2.75, 3.05) is 18.0 Å². The quantitative estimate of drug-likeness (QED) is 0.181. The van der Waals surface area contributed by atoms with Crippen LogP contribution < -0.4 is 14.4 Å². The Morgan fingerprint density at radius 2 is 1.46 bits per heavy atom. The monoisotopic (exact) mass is 705 g/mol. The molecule has 0 bridgehead atoms. The highest BCUT2D eigenvalue weighted by atomic mass is 79.9. The molecule has 0 fully saturated rings. The third-order valence-corrected chi connectivity index (χ3v) is 9.67. The summed E-state index contributed by atoms with van der Waals surface area (Å²) >= 11 is 3.39. The van der Waals surface area contributed by atoms with Gasteiger partial charge in [0.1, 0.15) is 18.3 Å². The lowest BCUT2D eigenvalue weighted by Crippen LogP contribution is -2.56. The minimum absolute atomic E-state index is 0.0190. The van der Waals surface area contributed by atoms with E-state index in [1.807, 2.05) is 88.4 Å². The van der Waals surface area contributed by atoms with Gasteiger partial charge in [-0.15, -0.1) is 0 Å². The van der Waals surface area contributed by atoms with E-state index in [1.54, 1.807) is 30.3 Å². The average molecular weight is 707 g/mol. The van der Waals surface area contributed by atoms with Gasteiger partial charge in [0.25, 0.3) is 10.0 Å². The molecule has 0 aliphatic rings. The van der Waals surface area contributed by atoms with Gasteiger partial charge >= 0.3 is 0 Å². The van der Waals surface area contributed by atoms with Gasteiger partial charge in [-0.3, -0.25) is 13.9 Å². The lowest BCUT2D eigenvalue weighted by molar-refractivity contribution is -0.140. The number of nitrogens with one attached hydrogen (secondary N) is 1. The van der Waals surface area contributed by atoms with Crippen LogP contribution in [0.15, 0.2) is 112 Å². The van der Waals surface area contributed by atoms with Crippen LogP contribution in [0.4, 0.5) is 5.69 Å². The first-order chi connectivity index (χ1) is 21.8. The molecule has 0 saturated heterocycles. The molecule has 0 heterocycles. The number of halogens is 1. The minimum Gasteiger partial charge on any atom is -0.496 e. The van der Waals surface area contributed by atoms with Crippen LogP contribution in [0.3, 0.4) is 0 Å². The number of carbonyl (C=O) groups excluding carboxylic acids is 2. The van der Waals surface area contributed by atoms with E-state index in [2.05, 4.69) is 21.2 Å². The Morgan fingerprint density at radius 3 is 2.00 bits per heavy atom. The molecule has 0 spiro atoms. The Labute approximate surface area is 280 Å². The van der Waals surface area contributed by atoms with Gasteiger partial charge in [0.15, 0.2) is 0 Å². The van der Waals surface area contributed by atoms with Crippen molar-refractivity contribution in [2.24, 2.45) is 0 Å². The van der Waals surface area contributed by atoms with Crippen LogP contribution in [-0.2, 0) is 32.6 Å². The number of sulfonamides is 1. The molecule has 46 heavy (non-hydrogen) atoms. The number of benzene rings is 4. The standard InChI is InChI=1S/C36H40BrN3O5S/c1-26-16-18-29(19-17-26)40(46(43,44)30-20-21-33(45-5)31(37)23-30)25-34(41)39(24-28-14-10-7-11-15-28)32(35(42)38-36(2,3)4)22-27-12-8-6-9-13-27/h6-21,23,32H,22,24-25H2,1-5H3,(H,38,42). The molecule has 0 radical (unpaired) electrons. The maximum absolute atomic E-state index is 14.6. The van der Waals surface area contributed by atoms with Crippen LogP contribution in [0.2, 0.25) is 0 Å². The summed E-state index contributed by atoms with van der Waals surface area (Å²) in [5.41, 5.74) is 2.37. The van der Waals surface area contributed by atoms with E-state index in [1.165, 1.54) is 24.1 Å². The highest BCUT2D eigenvalue weighted by molar-refractivity contribution is 9.10. The highest BCUT2D eigenvalue weighted by Crippen LogP contribution is 2.31. The number of hydrogen-bond acceptors (Lipinski definition) is 5. The number of nitrogens with zero attached hydrogens (tertiary/aromatic N) is 2. The maximum atomic E-state index is 14.6. The summed E-state index contributed by atoms with van der Waals surface area (Å²) in [4.78, 5) is 30.0. The second kappa shape index (κ2) is 15.0. The minimum atomic E-state index is -4.25. The van der Waals surface area contributed by atoms with E-state index < -0.39 is 34.1 Å². The molecule has 8 nitrogen and oxygen atoms in total. The normalized spacial score (nSPS) is 12.2. The molecule has 0 saturated carbocycles. The van der Waals surface area contributed by atoms with Crippen LogP contribution in [0.5, 0.6) is 5.75 Å². The zero-order chi connectivity index (χ0) is 33.5. The molecule has 1 unspecified atom stereocenters. The summed E-state index contributed by atoms with van der Waals surface area (Å²) in [6, 6.07) is 29.3. The van der Waals surface area contributed by atoms with Gasteiger partial charge in [0.05, 0.1) is 22.2 Å². The Balaban J connectivity index is 1.81. The fourth-order valence-corrected chi connectivity index (χ4v) is 7.09. The van der Waals surface area contributed by atoms with Crippen molar-refractivity contribution in [1.29, 1.82) is 0 Å². The van der Waals surface area contributed by atoms with E-state index in [0.717, 1.165) is 21.0 Å². The molecule has 0 aliphatic carbocycles. The average Bonchev–Trinajstić information content (AvgIpc) is 3.02. The number of carbonyl (C=O) groups is 2. The second-order valence-corrected chi connectivity index (χ2v) is 14.8. The molecule has 1 atom stereocenters. The van der Waals surface area contributed by atoms with Crippen molar-refractivity contribution in [3.63, 3.8) is 0 Å². The molecule has 4 rings (SSSR count). The number of anilines is 1. The van der Waals surface area contributed by atoms with Gasteiger partial charge in [-0.25, -0.2) is 8.42 Å². The largest absolute Gasteiger partial charge is 0.496 e. The van der Waals surface area contributed by atoms with Crippen LogP contribution >= 0.6 is 15.9 Å².